The van der Waals surface area contributed by atoms with Gasteiger partial charge in [-0.2, -0.15) is 0 Å². The summed E-state index contributed by atoms with van der Waals surface area (Å²) in [6, 6.07) is 7.70. The molecule has 5 heteroatoms. The Hall–Kier alpha value is -0.960. The number of Topliss-reactive ketones (excluding diaryl/α,β-unsaturated/α-hetero) is 1. The Kier molecular flexibility index (Phi) is 5.06. The average Bonchev–Trinajstić information content (AvgIpc) is 2.27. The van der Waals surface area contributed by atoms with Crippen molar-refractivity contribution in [3.63, 3.8) is 0 Å². The number of rotatable bonds is 6. The predicted molar refractivity (Wildman–Crippen MR) is 66.4 cm³/mol. The molecule has 0 fully saturated rings. The lowest BCUT2D eigenvalue weighted by molar-refractivity contribution is -0.120. The average molecular weight is 256 g/mol. The highest BCUT2D eigenvalue weighted by molar-refractivity contribution is 7.52. The van der Waals surface area contributed by atoms with Gasteiger partial charge in [0.2, 0.25) is 0 Å². The molecular formula is C12H17O4P. The third kappa shape index (κ3) is 5.26. The van der Waals surface area contributed by atoms with Gasteiger partial charge in [-0.05, 0) is 12.5 Å². The number of hydrogen-bond donors (Lipinski definition) is 0. The molecule has 1 aromatic rings. The minimum Gasteiger partial charge on any atom is -0.312 e. The van der Waals surface area contributed by atoms with E-state index in [0.29, 0.717) is 0 Å². The Balaban J connectivity index is 2.48. The lowest BCUT2D eigenvalue weighted by atomic mass is 10.1. The summed E-state index contributed by atoms with van der Waals surface area (Å²) in [5.74, 6) is -0.116. The van der Waals surface area contributed by atoms with Crippen LogP contribution in [-0.4, -0.2) is 26.2 Å². The zero-order valence-electron chi connectivity index (χ0n) is 10.3. The van der Waals surface area contributed by atoms with Gasteiger partial charge in [0.15, 0.2) is 5.78 Å². The molecular weight excluding hydrogens is 239 g/mol. The van der Waals surface area contributed by atoms with Crippen LogP contribution in [0.2, 0.25) is 0 Å². The second-order valence-electron chi connectivity index (χ2n) is 3.93. The zero-order chi connectivity index (χ0) is 12.9. The van der Waals surface area contributed by atoms with Crippen LogP contribution in [0.25, 0.3) is 0 Å². The van der Waals surface area contributed by atoms with Gasteiger partial charge in [-0.25, -0.2) is 0 Å². The van der Waals surface area contributed by atoms with Crippen molar-refractivity contribution in [1.82, 2.24) is 0 Å². The number of ketones is 1. The van der Waals surface area contributed by atoms with E-state index in [1.54, 1.807) is 0 Å². The molecule has 0 aliphatic heterocycles. The molecule has 94 valence electrons. The highest BCUT2D eigenvalue weighted by atomic mass is 31.2. The number of carbonyl (C=O) groups excluding carboxylic acids is 1. The Morgan fingerprint density at radius 2 is 2.12 bits per heavy atom. The van der Waals surface area contributed by atoms with Crippen LogP contribution in [0, 0.1) is 6.92 Å². The Bertz CT molecular complexity index is 442. The quantitative estimate of drug-likeness (QED) is 0.734. The molecule has 0 radical (unpaired) electrons. The molecule has 17 heavy (non-hydrogen) atoms. The highest BCUT2D eigenvalue weighted by Gasteiger charge is 2.16. The summed E-state index contributed by atoms with van der Waals surface area (Å²) in [6.45, 7) is 3.12. The molecule has 1 atom stereocenters. The van der Waals surface area contributed by atoms with Gasteiger partial charge in [0.1, 0.15) is 6.61 Å². The topological polar surface area (TPSA) is 52.6 Å². The predicted octanol–water partition coefficient (Wildman–Crippen LogP) is 2.59. The van der Waals surface area contributed by atoms with Crippen LogP contribution in [0.5, 0.6) is 0 Å². The first-order chi connectivity index (χ1) is 7.93. The molecule has 0 aliphatic rings. The summed E-state index contributed by atoms with van der Waals surface area (Å²) < 4.78 is 21.0. The molecule has 0 saturated carbocycles. The number of aryl methyl sites for hydroxylation is 1. The maximum Gasteiger partial charge on any atom is 0.327 e. The molecule has 0 amide bonds. The molecule has 0 spiro atoms. The van der Waals surface area contributed by atoms with Gasteiger partial charge in [0, 0.05) is 20.2 Å². The molecule has 0 aliphatic carbocycles. The summed E-state index contributed by atoms with van der Waals surface area (Å²) in [6.07, 6.45) is 0.283. The van der Waals surface area contributed by atoms with Crippen LogP contribution in [0.4, 0.5) is 0 Å². The van der Waals surface area contributed by atoms with Crippen molar-refractivity contribution in [3.05, 3.63) is 35.4 Å². The van der Waals surface area contributed by atoms with E-state index in [1.165, 1.54) is 13.8 Å². The van der Waals surface area contributed by atoms with Crippen LogP contribution in [0.1, 0.15) is 11.1 Å². The van der Waals surface area contributed by atoms with Gasteiger partial charge in [-0.3, -0.25) is 9.36 Å². The van der Waals surface area contributed by atoms with Crippen LogP contribution in [0.15, 0.2) is 24.3 Å². The first-order valence-corrected chi connectivity index (χ1v) is 7.27. The van der Waals surface area contributed by atoms with E-state index in [1.807, 2.05) is 31.2 Å². The van der Waals surface area contributed by atoms with E-state index in [4.69, 9.17) is 4.52 Å². The van der Waals surface area contributed by atoms with Gasteiger partial charge in [-0.1, -0.05) is 29.8 Å². The molecule has 1 rings (SSSR count). The first-order valence-electron chi connectivity index (χ1n) is 5.28. The standard InChI is InChI=1S/C12H17O4P/c1-10-5-4-6-11(7-10)8-12(13)9-16-17(3,14)15-2/h4-7H,8-9H2,1-3H3. The van der Waals surface area contributed by atoms with Gasteiger partial charge in [0.05, 0.1) is 0 Å². The number of benzene rings is 1. The van der Waals surface area contributed by atoms with Crippen molar-refractivity contribution in [3.8, 4) is 0 Å². The van der Waals surface area contributed by atoms with Gasteiger partial charge < -0.3 is 9.05 Å². The third-order valence-corrected chi connectivity index (χ3v) is 3.54. The SMILES string of the molecule is COP(C)(=O)OCC(=O)Cc1cccc(C)c1. The zero-order valence-corrected chi connectivity index (χ0v) is 11.2. The van der Waals surface area contributed by atoms with Crippen LogP contribution in [0.3, 0.4) is 0 Å². The van der Waals surface area contributed by atoms with E-state index >= 15 is 0 Å². The molecule has 0 saturated heterocycles. The Labute approximate surface area is 101 Å². The fourth-order valence-corrected chi connectivity index (χ4v) is 1.83. The highest BCUT2D eigenvalue weighted by Crippen LogP contribution is 2.42. The maximum absolute atomic E-state index is 11.6. The van der Waals surface area contributed by atoms with Crippen LogP contribution >= 0.6 is 7.60 Å². The molecule has 0 bridgehead atoms. The van der Waals surface area contributed by atoms with Gasteiger partial charge in [-0.15, -0.1) is 0 Å². The summed E-state index contributed by atoms with van der Waals surface area (Å²) in [5, 5.41) is 0. The van der Waals surface area contributed by atoms with Gasteiger partial charge in [0.25, 0.3) is 0 Å². The monoisotopic (exact) mass is 256 g/mol. The second-order valence-corrected chi connectivity index (χ2v) is 6.10. The first kappa shape index (κ1) is 14.1. The van der Waals surface area contributed by atoms with Crippen molar-refractivity contribution in [2.24, 2.45) is 0 Å². The molecule has 0 N–H and O–H groups in total. The number of hydrogen-bond acceptors (Lipinski definition) is 4. The lowest BCUT2D eigenvalue weighted by Gasteiger charge is -2.10. The summed E-state index contributed by atoms with van der Waals surface area (Å²) >= 11 is 0. The minimum absolute atomic E-state index is 0.116. The Morgan fingerprint density at radius 3 is 2.71 bits per heavy atom. The summed E-state index contributed by atoms with van der Waals surface area (Å²) in [5.41, 5.74) is 2.04. The van der Waals surface area contributed by atoms with Crippen LogP contribution in [-0.2, 0) is 24.8 Å². The minimum atomic E-state index is -3.06. The molecule has 0 aromatic heterocycles. The van der Waals surface area contributed by atoms with Crippen molar-refractivity contribution in [1.29, 1.82) is 0 Å². The molecule has 1 unspecified atom stereocenters. The Morgan fingerprint density at radius 1 is 1.41 bits per heavy atom. The van der Waals surface area contributed by atoms with Crippen molar-refractivity contribution < 1.29 is 18.4 Å². The normalized spacial score (nSPS) is 14.3. The number of carbonyl (C=O) groups is 1. The molecule has 1 aromatic carbocycles. The fraction of sp³-hybridized carbons (Fsp3) is 0.417. The maximum atomic E-state index is 11.6. The van der Waals surface area contributed by atoms with Crippen molar-refractivity contribution in [2.45, 2.75) is 13.3 Å². The van der Waals surface area contributed by atoms with E-state index < -0.39 is 7.60 Å². The van der Waals surface area contributed by atoms with E-state index in [-0.39, 0.29) is 18.8 Å². The second kappa shape index (κ2) is 6.10. The van der Waals surface area contributed by atoms with Gasteiger partial charge >= 0.3 is 7.60 Å². The third-order valence-electron chi connectivity index (χ3n) is 2.28. The summed E-state index contributed by atoms with van der Waals surface area (Å²) in [4.78, 5) is 11.6. The summed E-state index contributed by atoms with van der Waals surface area (Å²) in [7, 11) is -1.76. The largest absolute Gasteiger partial charge is 0.327 e. The van der Waals surface area contributed by atoms with E-state index in [2.05, 4.69) is 4.52 Å². The molecule has 0 heterocycles. The lowest BCUT2D eigenvalue weighted by Crippen LogP contribution is -2.10. The van der Waals surface area contributed by atoms with Crippen LogP contribution < -0.4 is 0 Å². The smallest absolute Gasteiger partial charge is 0.312 e. The van der Waals surface area contributed by atoms with Crippen molar-refractivity contribution >= 4 is 13.4 Å². The fourth-order valence-electron chi connectivity index (χ4n) is 1.34. The van der Waals surface area contributed by atoms with E-state index in [9.17, 15) is 9.36 Å². The van der Waals surface area contributed by atoms with E-state index in [0.717, 1.165) is 11.1 Å². The van der Waals surface area contributed by atoms with Crippen molar-refractivity contribution in [2.75, 3.05) is 20.4 Å². The molecule has 4 nitrogen and oxygen atoms in total.